The van der Waals surface area contributed by atoms with E-state index in [0.717, 1.165) is 10.0 Å². The van der Waals surface area contributed by atoms with Crippen molar-refractivity contribution in [3.63, 3.8) is 0 Å². The average molecular weight is 350 g/mol. The molecule has 2 rings (SSSR count). The number of rotatable bonds is 5. The Morgan fingerprint density at radius 3 is 2.90 bits per heavy atom. The maximum Gasteiger partial charge on any atom is 0.340 e. The highest BCUT2D eigenvalue weighted by Gasteiger charge is 2.12. The molecule has 1 aromatic carbocycles. The van der Waals surface area contributed by atoms with Crippen molar-refractivity contribution in [3.05, 3.63) is 52.1 Å². The maximum atomic E-state index is 11.8. The molecule has 0 saturated heterocycles. The number of nitrogens with two attached hydrogens (primary N) is 1. The lowest BCUT2D eigenvalue weighted by Gasteiger charge is -2.10. The minimum Gasteiger partial charge on any atom is -0.462 e. The number of hydrogen-bond donors (Lipinski definition) is 2. The minimum atomic E-state index is -0.443. The van der Waals surface area contributed by atoms with Crippen molar-refractivity contribution in [2.24, 2.45) is 0 Å². The van der Waals surface area contributed by atoms with Gasteiger partial charge in [0.2, 0.25) is 0 Å². The summed E-state index contributed by atoms with van der Waals surface area (Å²) in [5.74, 6) is 0.129. The third-order valence-corrected chi connectivity index (χ3v) is 3.62. The van der Waals surface area contributed by atoms with Crippen molar-refractivity contribution >= 4 is 33.4 Å². The second-order valence-corrected chi connectivity index (χ2v) is 5.18. The number of esters is 1. The topological polar surface area (TPSA) is 77.2 Å². The lowest BCUT2D eigenvalue weighted by atomic mass is 10.2. The predicted molar refractivity (Wildman–Crippen MR) is 86.1 cm³/mol. The van der Waals surface area contributed by atoms with E-state index in [1.54, 1.807) is 13.0 Å². The number of pyridine rings is 1. The van der Waals surface area contributed by atoms with Crippen LogP contribution in [0.25, 0.3) is 0 Å². The summed E-state index contributed by atoms with van der Waals surface area (Å²) in [4.78, 5) is 15.9. The van der Waals surface area contributed by atoms with E-state index in [1.165, 1.54) is 6.20 Å². The maximum absolute atomic E-state index is 11.8. The molecule has 5 nitrogen and oxygen atoms in total. The highest BCUT2D eigenvalue weighted by Crippen LogP contribution is 2.19. The van der Waals surface area contributed by atoms with Gasteiger partial charge in [-0.2, -0.15) is 0 Å². The molecule has 1 heterocycles. The number of hydrogen-bond acceptors (Lipinski definition) is 5. The summed E-state index contributed by atoms with van der Waals surface area (Å²) >= 11 is 3.49. The van der Waals surface area contributed by atoms with Gasteiger partial charge in [0.05, 0.1) is 24.1 Å². The highest BCUT2D eigenvalue weighted by atomic mass is 79.9. The first-order chi connectivity index (χ1) is 10.1. The number of nitrogen functional groups attached to an aromatic ring is 1. The van der Waals surface area contributed by atoms with Gasteiger partial charge in [-0.05, 0) is 24.6 Å². The molecule has 110 valence electrons. The van der Waals surface area contributed by atoms with Gasteiger partial charge in [-0.15, -0.1) is 0 Å². The fourth-order valence-corrected chi connectivity index (χ4v) is 2.20. The van der Waals surface area contributed by atoms with Crippen LogP contribution in [-0.4, -0.2) is 17.6 Å². The summed E-state index contributed by atoms with van der Waals surface area (Å²) < 4.78 is 5.98. The van der Waals surface area contributed by atoms with E-state index in [0.29, 0.717) is 30.2 Å². The summed E-state index contributed by atoms with van der Waals surface area (Å²) in [6.45, 7) is 2.64. The van der Waals surface area contributed by atoms with Gasteiger partial charge in [-0.25, -0.2) is 9.78 Å². The van der Waals surface area contributed by atoms with Gasteiger partial charge in [-0.1, -0.05) is 34.1 Å². The van der Waals surface area contributed by atoms with Crippen LogP contribution >= 0.6 is 15.9 Å². The molecule has 0 unspecified atom stereocenters. The standard InChI is InChI=1S/C15H16BrN3O2/c1-2-21-15(20)11-7-14(19-9-13(11)17)18-8-10-5-3-4-6-12(10)16/h3-7,9H,2,8,17H2,1H3,(H,18,19). The van der Waals surface area contributed by atoms with Crippen molar-refractivity contribution in [2.45, 2.75) is 13.5 Å². The van der Waals surface area contributed by atoms with Crippen LogP contribution in [-0.2, 0) is 11.3 Å². The molecule has 3 N–H and O–H groups in total. The first-order valence-electron chi connectivity index (χ1n) is 6.51. The molecule has 2 aromatic rings. The second kappa shape index (κ2) is 7.08. The van der Waals surface area contributed by atoms with E-state index >= 15 is 0 Å². The second-order valence-electron chi connectivity index (χ2n) is 4.32. The Labute approximate surface area is 131 Å². The van der Waals surface area contributed by atoms with E-state index in [9.17, 15) is 4.79 Å². The summed E-state index contributed by atoms with van der Waals surface area (Å²) in [5, 5.41) is 3.16. The molecule has 0 amide bonds. The molecular formula is C15H16BrN3O2. The largest absolute Gasteiger partial charge is 0.462 e. The fourth-order valence-electron chi connectivity index (χ4n) is 1.78. The Morgan fingerprint density at radius 1 is 1.43 bits per heavy atom. The molecule has 0 saturated carbocycles. The van der Waals surface area contributed by atoms with Gasteiger partial charge >= 0.3 is 5.97 Å². The minimum absolute atomic E-state index is 0.305. The number of benzene rings is 1. The molecule has 0 aliphatic rings. The molecule has 0 bridgehead atoms. The van der Waals surface area contributed by atoms with Gasteiger partial charge in [0.1, 0.15) is 5.82 Å². The third kappa shape index (κ3) is 3.95. The molecule has 0 atom stereocenters. The van der Waals surface area contributed by atoms with Crippen LogP contribution < -0.4 is 11.1 Å². The first kappa shape index (κ1) is 15.3. The number of aromatic nitrogens is 1. The van der Waals surface area contributed by atoms with E-state index < -0.39 is 5.97 Å². The fraction of sp³-hybridized carbons (Fsp3) is 0.200. The Bertz CT molecular complexity index is 647. The molecule has 0 spiro atoms. The molecule has 1 aromatic heterocycles. The molecule has 6 heteroatoms. The van der Waals surface area contributed by atoms with Gasteiger partial charge in [0.25, 0.3) is 0 Å². The van der Waals surface area contributed by atoms with Crippen molar-refractivity contribution < 1.29 is 9.53 Å². The van der Waals surface area contributed by atoms with E-state index in [-0.39, 0.29) is 0 Å². The lowest BCUT2D eigenvalue weighted by molar-refractivity contribution is 0.0527. The summed E-state index contributed by atoms with van der Waals surface area (Å²) in [7, 11) is 0. The van der Waals surface area contributed by atoms with E-state index in [2.05, 4.69) is 26.2 Å². The number of carbonyl (C=O) groups is 1. The molecule has 21 heavy (non-hydrogen) atoms. The monoisotopic (exact) mass is 349 g/mol. The van der Waals surface area contributed by atoms with Crippen LogP contribution in [0.15, 0.2) is 41.0 Å². The van der Waals surface area contributed by atoms with Crippen molar-refractivity contribution in [1.29, 1.82) is 0 Å². The number of ether oxygens (including phenoxy) is 1. The Balaban J connectivity index is 2.12. The van der Waals surface area contributed by atoms with Crippen LogP contribution in [0, 0.1) is 0 Å². The average Bonchev–Trinajstić information content (AvgIpc) is 2.48. The third-order valence-electron chi connectivity index (χ3n) is 2.85. The highest BCUT2D eigenvalue weighted by molar-refractivity contribution is 9.10. The molecule has 0 aliphatic carbocycles. The first-order valence-corrected chi connectivity index (χ1v) is 7.31. The van der Waals surface area contributed by atoms with E-state index in [1.807, 2.05) is 24.3 Å². The number of nitrogens with zero attached hydrogens (tertiary/aromatic N) is 1. The molecule has 0 fully saturated rings. The number of halogens is 1. The SMILES string of the molecule is CCOC(=O)c1cc(NCc2ccccc2Br)ncc1N. The quantitative estimate of drug-likeness (QED) is 0.810. The van der Waals surface area contributed by atoms with Gasteiger partial charge in [0.15, 0.2) is 0 Å². The zero-order valence-corrected chi connectivity index (χ0v) is 13.2. The Hall–Kier alpha value is -2.08. The zero-order chi connectivity index (χ0) is 15.2. The smallest absolute Gasteiger partial charge is 0.340 e. The van der Waals surface area contributed by atoms with Crippen LogP contribution in [0.4, 0.5) is 11.5 Å². The van der Waals surface area contributed by atoms with Crippen molar-refractivity contribution in [2.75, 3.05) is 17.7 Å². The van der Waals surface area contributed by atoms with Crippen molar-refractivity contribution in [1.82, 2.24) is 4.98 Å². The normalized spacial score (nSPS) is 10.2. The molecule has 0 aliphatic heterocycles. The zero-order valence-electron chi connectivity index (χ0n) is 11.6. The number of anilines is 2. The Kier molecular flexibility index (Phi) is 5.16. The van der Waals surface area contributed by atoms with Crippen LogP contribution in [0.5, 0.6) is 0 Å². The summed E-state index contributed by atoms with van der Waals surface area (Å²) in [6.07, 6.45) is 1.45. The Morgan fingerprint density at radius 2 is 2.19 bits per heavy atom. The van der Waals surface area contributed by atoms with Crippen LogP contribution in [0.2, 0.25) is 0 Å². The van der Waals surface area contributed by atoms with Crippen LogP contribution in [0.1, 0.15) is 22.8 Å². The molecule has 0 radical (unpaired) electrons. The number of nitrogens with one attached hydrogen (secondary N) is 1. The summed E-state index contributed by atoms with van der Waals surface area (Å²) in [6, 6.07) is 9.48. The van der Waals surface area contributed by atoms with Gasteiger partial charge < -0.3 is 15.8 Å². The van der Waals surface area contributed by atoms with E-state index in [4.69, 9.17) is 10.5 Å². The van der Waals surface area contributed by atoms with Crippen molar-refractivity contribution in [3.8, 4) is 0 Å². The lowest BCUT2D eigenvalue weighted by Crippen LogP contribution is -2.10. The molecular weight excluding hydrogens is 334 g/mol. The van der Waals surface area contributed by atoms with Gasteiger partial charge in [-0.3, -0.25) is 0 Å². The number of carbonyl (C=O) groups excluding carboxylic acids is 1. The predicted octanol–water partition coefficient (Wildman–Crippen LogP) is 3.22. The van der Waals surface area contributed by atoms with Crippen LogP contribution in [0.3, 0.4) is 0 Å². The summed E-state index contributed by atoms with van der Waals surface area (Å²) in [5.41, 5.74) is 7.47. The van der Waals surface area contributed by atoms with Gasteiger partial charge in [0, 0.05) is 11.0 Å².